The lowest BCUT2D eigenvalue weighted by atomic mass is 9.49. The maximum atomic E-state index is 13.2. The van der Waals surface area contributed by atoms with E-state index in [9.17, 15) is 4.79 Å². The molecule has 1 N–H and O–H groups in total. The predicted octanol–water partition coefficient (Wildman–Crippen LogP) is 8.56. The Morgan fingerprint density at radius 2 is 1.95 bits per heavy atom. The van der Waals surface area contributed by atoms with Crippen molar-refractivity contribution in [3.63, 3.8) is 0 Å². The molecule has 0 bridgehead atoms. The maximum absolute atomic E-state index is 13.2. The van der Waals surface area contributed by atoms with E-state index in [4.69, 9.17) is 5.10 Å². The Morgan fingerprint density at radius 3 is 2.71 bits per heavy atom. The second-order valence-corrected chi connectivity index (χ2v) is 13.8. The third kappa shape index (κ3) is 5.32. The van der Waals surface area contributed by atoms with Gasteiger partial charge in [-0.1, -0.05) is 76.6 Å². The fourth-order valence-electron chi connectivity index (χ4n) is 7.56. The summed E-state index contributed by atoms with van der Waals surface area (Å²) in [5.41, 5.74) is 7.61. The summed E-state index contributed by atoms with van der Waals surface area (Å²) in [6.45, 7) is 10.2. The second-order valence-electron chi connectivity index (χ2n) is 12.8. The van der Waals surface area contributed by atoms with Crippen molar-refractivity contribution in [1.29, 1.82) is 0 Å². The Balaban J connectivity index is 1.19. The number of hydrogen-bond acceptors (Lipinski definition) is 3. The summed E-state index contributed by atoms with van der Waals surface area (Å²) in [5.74, 6) is 1.07. The number of aryl methyl sites for hydroxylation is 1. The molecule has 41 heavy (non-hydrogen) atoms. The summed E-state index contributed by atoms with van der Waals surface area (Å²) in [6, 6.07) is 21.4. The number of amides is 1. The second kappa shape index (κ2) is 11.1. The minimum atomic E-state index is -0.0409. The lowest BCUT2D eigenvalue weighted by Crippen LogP contribution is -2.53. The molecule has 6 rings (SSSR count). The third-order valence-corrected chi connectivity index (χ3v) is 10.6. The Kier molecular flexibility index (Phi) is 7.50. The van der Waals surface area contributed by atoms with Crippen molar-refractivity contribution in [3.8, 4) is 16.3 Å². The minimum Gasteiger partial charge on any atom is -0.352 e. The monoisotopic (exact) mass is 563 g/mol. The zero-order chi connectivity index (χ0) is 28.6. The zero-order valence-corrected chi connectivity index (χ0v) is 25.5. The van der Waals surface area contributed by atoms with Gasteiger partial charge in [-0.15, -0.1) is 11.3 Å². The van der Waals surface area contributed by atoms with Gasteiger partial charge in [-0.2, -0.15) is 5.10 Å². The van der Waals surface area contributed by atoms with E-state index < -0.39 is 0 Å². The normalized spacial score (nSPS) is 23.9. The number of carbonyl (C=O) groups excluding carboxylic acids is 1. The summed E-state index contributed by atoms with van der Waals surface area (Å²) in [5, 5.41) is 10.2. The highest BCUT2D eigenvalue weighted by Gasteiger charge is 2.51. The molecule has 4 nitrogen and oxygen atoms in total. The average molecular weight is 564 g/mol. The van der Waals surface area contributed by atoms with Crippen LogP contribution in [0.5, 0.6) is 0 Å². The van der Waals surface area contributed by atoms with Gasteiger partial charge in [0.2, 0.25) is 5.91 Å². The van der Waals surface area contributed by atoms with Crippen LogP contribution in [0.25, 0.3) is 22.3 Å². The summed E-state index contributed by atoms with van der Waals surface area (Å²) in [4.78, 5) is 14.3. The molecule has 2 aliphatic rings. The minimum absolute atomic E-state index is 0.0409. The van der Waals surface area contributed by atoms with Gasteiger partial charge in [-0.25, -0.2) is 4.68 Å². The molecule has 1 amide bonds. The molecule has 1 fully saturated rings. The van der Waals surface area contributed by atoms with E-state index in [0.29, 0.717) is 18.4 Å². The summed E-state index contributed by atoms with van der Waals surface area (Å²) in [7, 11) is 0. The summed E-state index contributed by atoms with van der Waals surface area (Å²) in [6.07, 6.45) is 11.5. The van der Waals surface area contributed by atoms with E-state index >= 15 is 0 Å². The van der Waals surface area contributed by atoms with Crippen molar-refractivity contribution in [2.75, 3.05) is 6.54 Å². The molecule has 3 atom stereocenters. The van der Waals surface area contributed by atoms with Crippen LogP contribution < -0.4 is 5.32 Å². The topological polar surface area (TPSA) is 46.9 Å². The molecule has 0 aliphatic heterocycles. The van der Waals surface area contributed by atoms with Crippen molar-refractivity contribution in [3.05, 3.63) is 101 Å². The number of nitrogens with one attached hydrogen (secondary N) is 1. The smallest absolute Gasteiger partial charge is 0.244 e. The van der Waals surface area contributed by atoms with Gasteiger partial charge in [0.15, 0.2) is 0 Å². The molecule has 0 radical (unpaired) electrons. The molecule has 0 saturated heterocycles. The number of benzene rings is 2. The maximum Gasteiger partial charge on any atom is 0.244 e. The Morgan fingerprint density at radius 1 is 1.12 bits per heavy atom. The Bertz CT molecular complexity index is 1550. The van der Waals surface area contributed by atoms with Gasteiger partial charge >= 0.3 is 0 Å². The highest BCUT2D eigenvalue weighted by Crippen LogP contribution is 2.57. The van der Waals surface area contributed by atoms with Crippen LogP contribution in [-0.4, -0.2) is 22.2 Å². The molecular formula is C36H41N3OS. The Labute approximate surface area is 248 Å². The number of fused-ring (bicyclic) bond motifs is 3. The Hall–Kier alpha value is -3.44. The van der Waals surface area contributed by atoms with E-state index in [1.54, 1.807) is 28.5 Å². The standard InChI is InChI=1S/C36H41N3OS/c1-25(2)26-13-16-30-27(22-26)14-17-32-35(3,19-9-20-36(30,32)4)24-37-33(40)18-15-28-23-39(29-10-6-5-7-11-29)38-34(28)31-12-8-21-41-31/h5-8,10-13,15-16,18,21-23,25,32H,9,14,17,19-20,24H2,1-4H3,(H,37,40)/b18-15+/t32-,35+,36+/m1/s1. The lowest BCUT2D eigenvalue weighted by Gasteiger charge is -2.55. The van der Waals surface area contributed by atoms with Gasteiger partial charge in [0.25, 0.3) is 0 Å². The molecule has 4 aromatic rings. The highest BCUT2D eigenvalue weighted by molar-refractivity contribution is 7.13. The molecule has 2 aromatic carbocycles. The van der Waals surface area contributed by atoms with Crippen LogP contribution in [0.15, 0.2) is 78.3 Å². The SMILES string of the molecule is CC(C)c1ccc2c(c1)CC[C@@H]1[C@](C)(CNC(=O)/C=C/c3cn(-c4ccccc4)nc3-c3cccs3)CCC[C@@]21C. The van der Waals surface area contributed by atoms with Crippen LogP contribution >= 0.6 is 11.3 Å². The lowest BCUT2D eigenvalue weighted by molar-refractivity contribution is -0.117. The first-order chi connectivity index (χ1) is 19.8. The van der Waals surface area contributed by atoms with Gasteiger partial charge in [0.05, 0.1) is 10.6 Å². The molecule has 1 saturated carbocycles. The van der Waals surface area contributed by atoms with Gasteiger partial charge in [-0.3, -0.25) is 4.79 Å². The van der Waals surface area contributed by atoms with Crippen LogP contribution in [0.1, 0.15) is 81.5 Å². The summed E-state index contributed by atoms with van der Waals surface area (Å²) < 4.78 is 1.89. The summed E-state index contributed by atoms with van der Waals surface area (Å²) >= 11 is 1.66. The van der Waals surface area contributed by atoms with Crippen molar-refractivity contribution in [2.24, 2.45) is 11.3 Å². The fourth-order valence-corrected chi connectivity index (χ4v) is 8.29. The van der Waals surface area contributed by atoms with Crippen LogP contribution in [0.3, 0.4) is 0 Å². The molecule has 5 heteroatoms. The van der Waals surface area contributed by atoms with Gasteiger partial charge in [-0.05, 0) is 94.7 Å². The molecular weight excluding hydrogens is 522 g/mol. The molecule has 212 valence electrons. The van der Waals surface area contributed by atoms with E-state index in [-0.39, 0.29) is 16.7 Å². The van der Waals surface area contributed by atoms with Crippen LogP contribution in [-0.2, 0) is 16.6 Å². The van der Waals surface area contributed by atoms with E-state index in [1.165, 1.54) is 24.8 Å². The molecule has 2 heterocycles. The van der Waals surface area contributed by atoms with Crippen LogP contribution in [0.4, 0.5) is 0 Å². The van der Waals surface area contributed by atoms with E-state index in [0.717, 1.165) is 34.7 Å². The average Bonchev–Trinajstić information content (AvgIpc) is 3.65. The number of hydrogen-bond donors (Lipinski definition) is 1. The fraction of sp³-hybridized carbons (Fsp3) is 0.389. The molecule has 2 aliphatic carbocycles. The molecule has 2 aromatic heterocycles. The molecule has 0 unspecified atom stereocenters. The van der Waals surface area contributed by atoms with Crippen molar-refractivity contribution < 1.29 is 4.79 Å². The third-order valence-electron chi connectivity index (χ3n) is 9.77. The van der Waals surface area contributed by atoms with Gasteiger partial charge < -0.3 is 5.32 Å². The highest BCUT2D eigenvalue weighted by atomic mass is 32.1. The zero-order valence-electron chi connectivity index (χ0n) is 24.7. The first-order valence-corrected chi connectivity index (χ1v) is 15.9. The number of thiophene rings is 1. The van der Waals surface area contributed by atoms with Gasteiger partial charge in [0.1, 0.15) is 5.69 Å². The quantitative estimate of drug-likeness (QED) is 0.229. The number of rotatable bonds is 7. The van der Waals surface area contributed by atoms with Crippen molar-refractivity contribution in [1.82, 2.24) is 15.1 Å². The largest absolute Gasteiger partial charge is 0.352 e. The number of aromatic nitrogens is 2. The van der Waals surface area contributed by atoms with Crippen LogP contribution in [0, 0.1) is 11.3 Å². The van der Waals surface area contributed by atoms with E-state index in [1.807, 2.05) is 53.4 Å². The number of nitrogens with zero attached hydrogens (tertiary/aromatic N) is 2. The molecule has 0 spiro atoms. The van der Waals surface area contributed by atoms with Crippen molar-refractivity contribution in [2.45, 2.75) is 71.1 Å². The number of para-hydroxylation sites is 1. The number of carbonyl (C=O) groups is 1. The van der Waals surface area contributed by atoms with Crippen molar-refractivity contribution >= 4 is 23.3 Å². The first-order valence-electron chi connectivity index (χ1n) is 15.0. The van der Waals surface area contributed by atoms with Crippen LogP contribution in [0.2, 0.25) is 0 Å². The first kappa shape index (κ1) is 27.7. The van der Waals surface area contributed by atoms with Gasteiger partial charge in [0, 0.05) is 24.4 Å². The van der Waals surface area contributed by atoms with E-state index in [2.05, 4.69) is 62.7 Å². The predicted molar refractivity (Wildman–Crippen MR) is 171 cm³/mol.